The Hall–Kier alpha value is -3.92. The first-order valence-electron chi connectivity index (χ1n) is 14.6. The first-order chi connectivity index (χ1) is 19.3. The Labute approximate surface area is 240 Å². The van der Waals surface area contributed by atoms with E-state index in [9.17, 15) is 4.91 Å². The largest absolute Gasteiger partial charge is 0.355 e. The Bertz CT molecular complexity index is 1400. The fourth-order valence-electron chi connectivity index (χ4n) is 5.55. The molecular formula is C36H43N3O. The number of hydrogen-bond donors (Lipinski definition) is 1. The summed E-state index contributed by atoms with van der Waals surface area (Å²) in [6.07, 6.45) is 2.57. The van der Waals surface area contributed by atoms with Crippen molar-refractivity contribution in [3.05, 3.63) is 113 Å². The van der Waals surface area contributed by atoms with Crippen LogP contribution in [0.15, 0.2) is 96.7 Å². The lowest BCUT2D eigenvalue weighted by Crippen LogP contribution is -2.15. The van der Waals surface area contributed by atoms with Gasteiger partial charge in [-0.05, 0) is 54.9 Å². The summed E-state index contributed by atoms with van der Waals surface area (Å²) in [5.41, 5.74) is 10.1. The number of rotatable bonds is 13. The van der Waals surface area contributed by atoms with Gasteiger partial charge in [-0.2, -0.15) is 4.91 Å². The number of aromatic nitrogens is 1. The Morgan fingerprint density at radius 1 is 0.900 bits per heavy atom. The molecule has 4 heteroatoms. The number of nitrogens with zero attached hydrogens (tertiary/aromatic N) is 2. The van der Waals surface area contributed by atoms with Gasteiger partial charge in [-0.15, -0.1) is 0 Å². The maximum Gasteiger partial charge on any atom is 0.0939 e. The second-order valence-corrected chi connectivity index (χ2v) is 11.3. The third-order valence-electron chi connectivity index (χ3n) is 7.82. The molecule has 0 fully saturated rings. The number of hydrogen-bond acceptors (Lipinski definition) is 3. The van der Waals surface area contributed by atoms with Gasteiger partial charge in [-0.25, -0.2) is 0 Å². The van der Waals surface area contributed by atoms with E-state index < -0.39 is 0 Å². The Balaban J connectivity index is 1.96. The van der Waals surface area contributed by atoms with Crippen LogP contribution in [-0.2, 0) is 6.54 Å². The molecule has 0 amide bonds. The molecule has 0 bridgehead atoms. The molecule has 2 atom stereocenters. The molecule has 0 aliphatic rings. The lowest BCUT2D eigenvalue weighted by Gasteiger charge is -2.20. The number of aryl methyl sites for hydroxylation is 1. The third kappa shape index (κ3) is 6.62. The van der Waals surface area contributed by atoms with Gasteiger partial charge in [0.15, 0.2) is 0 Å². The van der Waals surface area contributed by atoms with Crippen molar-refractivity contribution in [3.63, 3.8) is 0 Å². The number of benzene rings is 3. The molecule has 40 heavy (non-hydrogen) atoms. The summed E-state index contributed by atoms with van der Waals surface area (Å²) in [6.45, 7) is 16.3. The van der Waals surface area contributed by atoms with Crippen LogP contribution in [0.25, 0.3) is 28.1 Å². The van der Waals surface area contributed by atoms with Gasteiger partial charge < -0.3 is 9.88 Å². The summed E-state index contributed by atoms with van der Waals surface area (Å²) in [6, 6.07) is 29.4. The van der Waals surface area contributed by atoms with E-state index in [-0.39, 0.29) is 12.0 Å². The smallest absolute Gasteiger partial charge is 0.0939 e. The Morgan fingerprint density at radius 3 is 2.10 bits per heavy atom. The fourth-order valence-corrected chi connectivity index (χ4v) is 5.55. The molecule has 4 aromatic rings. The second-order valence-electron chi connectivity index (χ2n) is 11.3. The molecule has 0 saturated carbocycles. The van der Waals surface area contributed by atoms with Gasteiger partial charge in [-0.1, -0.05) is 124 Å². The molecule has 1 heterocycles. The van der Waals surface area contributed by atoms with Gasteiger partial charge >= 0.3 is 0 Å². The van der Waals surface area contributed by atoms with E-state index in [2.05, 4.69) is 123 Å². The molecule has 0 radical (unpaired) electrons. The molecule has 0 aliphatic heterocycles. The van der Waals surface area contributed by atoms with Crippen LogP contribution >= 0.6 is 0 Å². The van der Waals surface area contributed by atoms with Gasteiger partial charge in [0.1, 0.15) is 0 Å². The van der Waals surface area contributed by atoms with E-state index >= 15 is 0 Å². The average Bonchev–Trinajstić information content (AvgIpc) is 3.32. The minimum atomic E-state index is -0.211. The number of nitrogens with one attached hydrogen (secondary N) is 1. The van der Waals surface area contributed by atoms with Crippen LogP contribution in [-0.4, -0.2) is 10.6 Å². The second kappa shape index (κ2) is 13.4. The highest BCUT2D eigenvalue weighted by Crippen LogP contribution is 2.45. The number of nitroso groups, excluding NO2 is 1. The summed E-state index contributed by atoms with van der Waals surface area (Å²) in [4.78, 5) is 11.9. The molecule has 4 rings (SSSR count). The molecule has 0 aliphatic carbocycles. The van der Waals surface area contributed by atoms with E-state index in [4.69, 9.17) is 0 Å². The molecule has 3 aromatic carbocycles. The normalized spacial score (nSPS) is 12.8. The van der Waals surface area contributed by atoms with Crippen LogP contribution in [0.4, 0.5) is 5.69 Å². The first-order valence-corrected chi connectivity index (χ1v) is 14.6. The lowest BCUT2D eigenvalue weighted by molar-refractivity contribution is 0.417. The molecule has 1 N–H and O–H groups in total. The summed E-state index contributed by atoms with van der Waals surface area (Å²) in [7, 11) is 0. The van der Waals surface area contributed by atoms with Crippen LogP contribution in [0.3, 0.4) is 0 Å². The zero-order valence-corrected chi connectivity index (χ0v) is 24.7. The number of anilines is 1. The molecule has 1 aromatic heterocycles. The molecule has 4 nitrogen and oxygen atoms in total. The summed E-state index contributed by atoms with van der Waals surface area (Å²) in [5, 5.41) is 7.16. The van der Waals surface area contributed by atoms with Gasteiger partial charge in [0, 0.05) is 34.8 Å². The van der Waals surface area contributed by atoms with Gasteiger partial charge in [-0.3, -0.25) is 0 Å². The van der Waals surface area contributed by atoms with Crippen molar-refractivity contribution >= 4 is 11.4 Å². The van der Waals surface area contributed by atoms with Crippen molar-refractivity contribution in [2.24, 2.45) is 11.1 Å². The van der Waals surface area contributed by atoms with Crippen LogP contribution in [0, 0.1) is 17.7 Å². The lowest BCUT2D eigenvalue weighted by atomic mass is 9.93. The van der Waals surface area contributed by atoms with E-state index in [1.54, 1.807) is 0 Å². The van der Waals surface area contributed by atoms with E-state index in [0.717, 1.165) is 46.6 Å². The van der Waals surface area contributed by atoms with Crippen molar-refractivity contribution < 1.29 is 0 Å². The number of para-hydroxylation sites is 1. The van der Waals surface area contributed by atoms with Gasteiger partial charge in [0.25, 0.3) is 0 Å². The van der Waals surface area contributed by atoms with Crippen LogP contribution in [0.5, 0.6) is 0 Å². The van der Waals surface area contributed by atoms with Crippen LogP contribution in [0.1, 0.15) is 69.7 Å². The zero-order valence-electron chi connectivity index (χ0n) is 24.7. The average molecular weight is 534 g/mol. The van der Waals surface area contributed by atoms with Crippen molar-refractivity contribution in [2.45, 2.75) is 72.4 Å². The van der Waals surface area contributed by atoms with Gasteiger partial charge in [0.2, 0.25) is 0 Å². The SMILES string of the molecule is C=C(Nc1ccccc1)c1c(-c2ccccc2)c(-c2ccc(C)cc2)n(CC[C@H](CC(C)CC)N=O)c1C(C)C. The summed E-state index contributed by atoms with van der Waals surface area (Å²) < 4.78 is 2.44. The predicted molar refractivity (Wildman–Crippen MR) is 172 cm³/mol. The van der Waals surface area contributed by atoms with E-state index in [1.165, 1.54) is 16.8 Å². The maximum atomic E-state index is 11.9. The predicted octanol–water partition coefficient (Wildman–Crippen LogP) is 10.3. The molecule has 1 unspecified atom stereocenters. The van der Waals surface area contributed by atoms with E-state index in [0.29, 0.717) is 18.9 Å². The maximum absolute atomic E-state index is 11.9. The topological polar surface area (TPSA) is 46.4 Å². The third-order valence-corrected chi connectivity index (χ3v) is 7.82. The highest BCUT2D eigenvalue weighted by Gasteiger charge is 2.28. The quantitative estimate of drug-likeness (QED) is 0.174. The minimum Gasteiger partial charge on any atom is -0.355 e. The van der Waals surface area contributed by atoms with Crippen molar-refractivity contribution in [2.75, 3.05) is 5.32 Å². The highest BCUT2D eigenvalue weighted by molar-refractivity contribution is 5.95. The molecule has 208 valence electrons. The molecule has 0 saturated heterocycles. The zero-order chi connectivity index (χ0) is 28.6. The monoisotopic (exact) mass is 533 g/mol. The Kier molecular flexibility index (Phi) is 9.76. The standard InChI is InChI=1S/C36H43N3O/c1-7-26(4)24-32(38-40)22-23-39-35(25(2)3)33(28(6)37-31-16-12-9-13-17-31)34(29-14-10-8-11-15-29)36(39)30-20-18-27(5)19-21-30/h8-21,25-26,32,37H,6-7,22-24H2,1-5H3/t26?,32-/m1/s1. The first kappa shape index (κ1) is 29.1. The van der Waals surface area contributed by atoms with Crippen molar-refractivity contribution in [3.8, 4) is 22.4 Å². The Morgan fingerprint density at radius 2 is 1.52 bits per heavy atom. The van der Waals surface area contributed by atoms with Crippen LogP contribution in [0.2, 0.25) is 0 Å². The van der Waals surface area contributed by atoms with Crippen molar-refractivity contribution in [1.29, 1.82) is 0 Å². The van der Waals surface area contributed by atoms with E-state index in [1.807, 2.05) is 18.2 Å². The molecular weight excluding hydrogens is 490 g/mol. The van der Waals surface area contributed by atoms with Crippen molar-refractivity contribution in [1.82, 2.24) is 4.57 Å². The summed E-state index contributed by atoms with van der Waals surface area (Å²) in [5.74, 6) is 0.696. The fraction of sp³-hybridized carbons (Fsp3) is 0.333. The minimum absolute atomic E-state index is 0.211. The molecule has 0 spiro atoms. The van der Waals surface area contributed by atoms with Crippen LogP contribution < -0.4 is 5.32 Å². The highest BCUT2D eigenvalue weighted by atomic mass is 16.3. The summed E-state index contributed by atoms with van der Waals surface area (Å²) >= 11 is 0. The van der Waals surface area contributed by atoms with Gasteiger partial charge in [0.05, 0.1) is 11.7 Å².